The lowest BCUT2D eigenvalue weighted by Crippen LogP contribution is -2.74. The summed E-state index contributed by atoms with van der Waals surface area (Å²) in [4.78, 5) is 68.2. The molecule has 3 saturated carbocycles. The number of halogens is 2. The fourth-order valence-corrected chi connectivity index (χ4v) is 7.90. The molecule has 2 unspecified atom stereocenters. The van der Waals surface area contributed by atoms with Crippen molar-refractivity contribution >= 4 is 29.0 Å². The number of aromatic hydroxyl groups is 1. The van der Waals surface area contributed by atoms with Crippen LogP contribution in [0.3, 0.4) is 0 Å². The van der Waals surface area contributed by atoms with Gasteiger partial charge in [-0.25, -0.2) is 8.78 Å². The highest BCUT2D eigenvalue weighted by atomic mass is 19.3. The minimum absolute atomic E-state index is 0.00809. The third kappa shape index (κ3) is 4.43. The van der Waals surface area contributed by atoms with Gasteiger partial charge in [-0.2, -0.15) is 0 Å². The van der Waals surface area contributed by atoms with Crippen LogP contribution in [0.2, 0.25) is 0 Å². The first-order chi connectivity index (χ1) is 19.1. The molecule has 3 fully saturated rings. The molecule has 222 valence electrons. The summed E-state index contributed by atoms with van der Waals surface area (Å²) in [6.45, 7) is 1.89. The summed E-state index contributed by atoms with van der Waals surface area (Å²) in [5, 5.41) is 23.0. The summed E-state index contributed by atoms with van der Waals surface area (Å²) < 4.78 is 27.4. The molecule has 1 aromatic carbocycles. The number of phenols is 1. The summed E-state index contributed by atoms with van der Waals surface area (Å²) in [6, 6.07) is 0.657. The van der Waals surface area contributed by atoms with Crippen LogP contribution in [0.5, 0.6) is 5.75 Å². The second kappa shape index (κ2) is 10.0. The van der Waals surface area contributed by atoms with Gasteiger partial charge in [-0.1, -0.05) is 13.0 Å². The fraction of sp³-hybridized carbons (Fsp3) is 0.633. The first-order valence-electron chi connectivity index (χ1n) is 14.2. The van der Waals surface area contributed by atoms with Gasteiger partial charge in [0.05, 0.1) is 17.5 Å². The Morgan fingerprint density at radius 2 is 1.73 bits per heavy atom. The molecule has 9 nitrogen and oxygen atoms in total. The summed E-state index contributed by atoms with van der Waals surface area (Å²) in [5.41, 5.74) is 4.37. The number of amides is 1. The molecule has 0 aromatic heterocycles. The van der Waals surface area contributed by atoms with E-state index in [9.17, 15) is 43.0 Å². The van der Waals surface area contributed by atoms with E-state index in [1.54, 1.807) is 0 Å². The van der Waals surface area contributed by atoms with Gasteiger partial charge in [0, 0.05) is 18.8 Å². The van der Waals surface area contributed by atoms with Gasteiger partial charge in [-0.3, -0.25) is 28.9 Å². The first-order valence-corrected chi connectivity index (χ1v) is 14.2. The Morgan fingerprint density at radius 3 is 2.29 bits per heavy atom. The largest absolute Gasteiger partial charge is 0.507 e. The van der Waals surface area contributed by atoms with Crippen LogP contribution in [0.15, 0.2) is 6.07 Å². The number of alkyl halides is 2. The van der Waals surface area contributed by atoms with Crippen LogP contribution in [-0.2, 0) is 38.4 Å². The molecule has 1 aromatic rings. The van der Waals surface area contributed by atoms with Crippen LogP contribution in [0.1, 0.15) is 66.1 Å². The molecule has 0 aliphatic heterocycles. The highest BCUT2D eigenvalue weighted by molar-refractivity contribution is 6.32. The lowest BCUT2D eigenvalue weighted by atomic mass is 9.52. The maximum Gasteiger partial charge on any atom is 0.248 e. The lowest BCUT2D eigenvalue weighted by molar-refractivity contribution is -0.181. The van der Waals surface area contributed by atoms with Gasteiger partial charge >= 0.3 is 0 Å². The molecule has 4 N–H and O–H groups in total. The molecule has 5 rings (SSSR count). The van der Waals surface area contributed by atoms with E-state index in [0.717, 1.165) is 5.56 Å². The Hall–Kier alpha value is -3.05. The van der Waals surface area contributed by atoms with Crippen molar-refractivity contribution in [3.63, 3.8) is 0 Å². The second-order valence-corrected chi connectivity index (χ2v) is 12.5. The number of primary amides is 1. The van der Waals surface area contributed by atoms with Gasteiger partial charge in [0.2, 0.25) is 11.8 Å². The van der Waals surface area contributed by atoms with E-state index in [2.05, 4.69) is 0 Å². The number of phenolic OH excluding ortho intramolecular Hbond substituents is 1. The van der Waals surface area contributed by atoms with Crippen LogP contribution in [0.25, 0.3) is 0 Å². The maximum absolute atomic E-state index is 14.0. The van der Waals surface area contributed by atoms with E-state index in [1.807, 2.05) is 13.0 Å². The van der Waals surface area contributed by atoms with E-state index in [-0.39, 0.29) is 55.8 Å². The van der Waals surface area contributed by atoms with Crippen LogP contribution in [0.4, 0.5) is 8.78 Å². The third-order valence-electron chi connectivity index (χ3n) is 9.96. The number of ketones is 4. The van der Waals surface area contributed by atoms with Crippen LogP contribution >= 0.6 is 0 Å². The molecule has 0 bridgehead atoms. The van der Waals surface area contributed by atoms with Crippen molar-refractivity contribution in [3.05, 3.63) is 28.3 Å². The molecular formula is C30H36F2N2O7. The Labute approximate surface area is 236 Å². The van der Waals surface area contributed by atoms with Crippen molar-refractivity contribution in [1.82, 2.24) is 4.90 Å². The van der Waals surface area contributed by atoms with Crippen molar-refractivity contribution in [2.45, 2.75) is 75.9 Å². The molecule has 41 heavy (non-hydrogen) atoms. The number of nitrogens with two attached hydrogens (primary N) is 1. The average molecular weight is 575 g/mol. The smallest absolute Gasteiger partial charge is 0.248 e. The first kappa shape index (κ1) is 29.4. The Morgan fingerprint density at radius 1 is 1.10 bits per heavy atom. The van der Waals surface area contributed by atoms with Crippen LogP contribution < -0.4 is 5.73 Å². The molecule has 4 aliphatic rings. The van der Waals surface area contributed by atoms with Crippen LogP contribution in [0, 0.1) is 29.6 Å². The van der Waals surface area contributed by atoms with Gasteiger partial charge < -0.3 is 15.9 Å². The zero-order valence-corrected chi connectivity index (χ0v) is 23.4. The van der Waals surface area contributed by atoms with E-state index >= 15 is 0 Å². The number of aryl methyl sites for hydroxylation is 1. The van der Waals surface area contributed by atoms with E-state index in [4.69, 9.17) is 5.73 Å². The maximum atomic E-state index is 14.0. The van der Waals surface area contributed by atoms with Crippen LogP contribution in [-0.4, -0.2) is 75.8 Å². The van der Waals surface area contributed by atoms with Gasteiger partial charge in [-0.05, 0) is 81.1 Å². The molecule has 4 aliphatic carbocycles. The normalized spacial score (nSPS) is 33.4. The summed E-state index contributed by atoms with van der Waals surface area (Å²) in [7, 11) is 3.08. The summed E-state index contributed by atoms with van der Waals surface area (Å²) >= 11 is 0. The van der Waals surface area contributed by atoms with Crippen molar-refractivity contribution in [3.8, 4) is 5.75 Å². The summed E-state index contributed by atoms with van der Waals surface area (Å²) in [5.74, 6) is -13.6. The minimum Gasteiger partial charge on any atom is -0.507 e. The number of nitrogens with zero attached hydrogens (tertiary/aromatic N) is 1. The number of hydrogen-bond acceptors (Lipinski definition) is 8. The standard InChI is InChI=1S/C30H36F2N2O7/c1-4-14-10-16(9-13-5-7-29(31,32)8-6-13)23(35)20-17(14)11-15-12-18-22(34(2)3)25(37)21(28(33)40)27(39)30(18,41)26(38)19(15)24(20)36/h10,13,15,18-19,21-22,35,41H,4-9,11-12H2,1-3H3,(H2,33,40)/t15-,18-,19?,21?,22-,30-/m0/s1. The predicted octanol–water partition coefficient (Wildman–Crippen LogP) is 1.80. The third-order valence-corrected chi connectivity index (χ3v) is 9.96. The highest BCUT2D eigenvalue weighted by Gasteiger charge is 2.69. The molecule has 6 atom stereocenters. The average Bonchev–Trinajstić information content (AvgIpc) is 2.88. The Bertz CT molecular complexity index is 1350. The second-order valence-electron chi connectivity index (χ2n) is 12.5. The number of likely N-dealkylation sites (N-methyl/N-ethyl adjacent to an activating group) is 1. The number of Topliss-reactive ketones (excluding diaryl/α,β-unsaturated/α-hetero) is 4. The van der Waals surface area contributed by atoms with Gasteiger partial charge in [0.25, 0.3) is 0 Å². The number of benzene rings is 1. The number of carbonyl (C=O) groups is 5. The predicted molar refractivity (Wildman–Crippen MR) is 141 cm³/mol. The van der Waals surface area contributed by atoms with Crippen molar-refractivity contribution < 1.29 is 43.0 Å². The molecule has 0 heterocycles. The highest BCUT2D eigenvalue weighted by Crippen LogP contribution is 2.52. The zero-order chi connectivity index (χ0) is 30.2. The number of aliphatic hydroxyl groups is 1. The molecule has 1 amide bonds. The fourth-order valence-electron chi connectivity index (χ4n) is 7.90. The van der Waals surface area contributed by atoms with Gasteiger partial charge in [-0.15, -0.1) is 0 Å². The quantitative estimate of drug-likeness (QED) is 0.450. The molecule has 0 spiro atoms. The monoisotopic (exact) mass is 574 g/mol. The van der Waals surface area contributed by atoms with E-state index in [1.165, 1.54) is 19.0 Å². The van der Waals surface area contributed by atoms with Gasteiger partial charge in [0.15, 0.2) is 34.7 Å². The molecular weight excluding hydrogens is 538 g/mol. The zero-order valence-electron chi connectivity index (χ0n) is 23.4. The Kier molecular flexibility index (Phi) is 7.21. The summed E-state index contributed by atoms with van der Waals surface area (Å²) in [6.07, 6.45) is 1.10. The van der Waals surface area contributed by atoms with Crippen molar-refractivity contribution in [1.29, 1.82) is 0 Å². The van der Waals surface area contributed by atoms with E-state index < -0.39 is 70.3 Å². The molecule has 0 saturated heterocycles. The number of hydrogen-bond donors (Lipinski definition) is 3. The number of fused-ring (bicyclic) bond motifs is 3. The van der Waals surface area contributed by atoms with Crippen molar-refractivity contribution in [2.24, 2.45) is 35.3 Å². The molecule has 0 radical (unpaired) electrons. The van der Waals surface area contributed by atoms with E-state index in [0.29, 0.717) is 24.0 Å². The molecule has 11 heteroatoms. The Balaban J connectivity index is 1.56. The number of rotatable bonds is 5. The SMILES string of the molecule is CCc1cc(CC2CCC(F)(F)CC2)c(O)c2c1C[C@H]1C[C@H]3[C@H](N(C)C)C(=O)C(C(N)=O)C(=O)[C@@]3(O)C(=O)C1C2=O. The van der Waals surface area contributed by atoms with Crippen molar-refractivity contribution in [2.75, 3.05) is 14.1 Å². The lowest BCUT2D eigenvalue weighted by Gasteiger charge is -2.52. The number of carbonyl (C=O) groups excluding carboxylic acids is 5. The minimum atomic E-state index is -2.77. The van der Waals surface area contributed by atoms with Gasteiger partial charge in [0.1, 0.15) is 5.75 Å². The topological polar surface area (TPSA) is 155 Å².